The first-order chi connectivity index (χ1) is 8.31. The van der Waals surface area contributed by atoms with E-state index in [1.165, 1.54) is 37.9 Å². The number of hydrogen-bond acceptors (Lipinski definition) is 2. The lowest BCUT2D eigenvalue weighted by atomic mass is 9.95. The summed E-state index contributed by atoms with van der Waals surface area (Å²) in [6.07, 6.45) is 4.01. The Labute approximate surface area is 104 Å². The van der Waals surface area contributed by atoms with E-state index in [0.29, 0.717) is 0 Å². The molecule has 2 nitrogen and oxygen atoms in total. The van der Waals surface area contributed by atoms with E-state index in [2.05, 4.69) is 30.0 Å². The summed E-state index contributed by atoms with van der Waals surface area (Å²) in [5, 5.41) is 8.76. The van der Waals surface area contributed by atoms with Crippen molar-refractivity contribution in [3.8, 4) is 6.07 Å². The molecule has 1 aromatic carbocycles. The van der Waals surface area contributed by atoms with Crippen molar-refractivity contribution < 1.29 is 0 Å². The van der Waals surface area contributed by atoms with Crippen molar-refractivity contribution in [1.29, 1.82) is 5.26 Å². The minimum atomic E-state index is 0.749. The number of benzene rings is 1. The van der Waals surface area contributed by atoms with E-state index < -0.39 is 0 Å². The molecule has 17 heavy (non-hydrogen) atoms. The zero-order chi connectivity index (χ0) is 12.1. The first kappa shape index (κ1) is 12.1. The zero-order valence-electron chi connectivity index (χ0n) is 10.5. The molecule has 0 spiro atoms. The van der Waals surface area contributed by atoms with Gasteiger partial charge in [-0.1, -0.05) is 25.5 Å². The van der Waals surface area contributed by atoms with Gasteiger partial charge >= 0.3 is 0 Å². The standard InChI is InChI=1S/C15H20N2/c1-2-13-4-3-9-17(11-13)12-15-7-5-14(10-16)6-8-15/h5-8,13H,2-4,9,11-12H2,1H3. The van der Waals surface area contributed by atoms with Crippen LogP contribution in [0.2, 0.25) is 0 Å². The Morgan fingerprint density at radius 2 is 2.12 bits per heavy atom. The predicted molar refractivity (Wildman–Crippen MR) is 69.4 cm³/mol. The lowest BCUT2D eigenvalue weighted by molar-refractivity contribution is 0.165. The molecule has 0 radical (unpaired) electrons. The van der Waals surface area contributed by atoms with Gasteiger partial charge in [0.15, 0.2) is 0 Å². The fourth-order valence-electron chi connectivity index (χ4n) is 2.57. The van der Waals surface area contributed by atoms with Crippen LogP contribution in [0, 0.1) is 17.2 Å². The maximum atomic E-state index is 8.76. The Bertz CT molecular complexity index is 388. The topological polar surface area (TPSA) is 27.0 Å². The molecule has 1 heterocycles. The van der Waals surface area contributed by atoms with Crippen LogP contribution >= 0.6 is 0 Å². The van der Waals surface area contributed by atoms with Gasteiger partial charge in [-0.05, 0) is 43.0 Å². The van der Waals surface area contributed by atoms with Gasteiger partial charge in [0.05, 0.1) is 11.6 Å². The normalized spacial score (nSPS) is 21.1. The number of rotatable bonds is 3. The third kappa shape index (κ3) is 3.31. The highest BCUT2D eigenvalue weighted by molar-refractivity contribution is 5.31. The summed E-state index contributed by atoms with van der Waals surface area (Å²) in [6, 6.07) is 10.1. The third-order valence-corrected chi connectivity index (χ3v) is 3.67. The van der Waals surface area contributed by atoms with Crippen LogP contribution in [0.1, 0.15) is 37.3 Å². The second-order valence-corrected chi connectivity index (χ2v) is 4.96. The molecular weight excluding hydrogens is 208 g/mol. The molecule has 1 unspecified atom stereocenters. The van der Waals surface area contributed by atoms with Crippen molar-refractivity contribution in [2.75, 3.05) is 13.1 Å². The van der Waals surface area contributed by atoms with Gasteiger partial charge in [0.2, 0.25) is 0 Å². The lowest BCUT2D eigenvalue weighted by Gasteiger charge is -2.32. The summed E-state index contributed by atoms with van der Waals surface area (Å²) in [5.41, 5.74) is 2.07. The molecule has 2 heteroatoms. The lowest BCUT2D eigenvalue weighted by Crippen LogP contribution is -2.34. The first-order valence-corrected chi connectivity index (χ1v) is 6.53. The van der Waals surface area contributed by atoms with Crippen LogP contribution in [0.15, 0.2) is 24.3 Å². The van der Waals surface area contributed by atoms with Gasteiger partial charge in [-0.2, -0.15) is 5.26 Å². The molecule has 1 atom stereocenters. The molecule has 0 saturated carbocycles. The number of piperidine rings is 1. The highest BCUT2D eigenvalue weighted by atomic mass is 15.1. The number of hydrogen-bond donors (Lipinski definition) is 0. The van der Waals surface area contributed by atoms with Crippen LogP contribution < -0.4 is 0 Å². The number of nitrogens with zero attached hydrogens (tertiary/aromatic N) is 2. The Balaban J connectivity index is 1.93. The Morgan fingerprint density at radius 3 is 2.76 bits per heavy atom. The Kier molecular flexibility index (Phi) is 4.17. The number of likely N-dealkylation sites (tertiary alicyclic amines) is 1. The fourth-order valence-corrected chi connectivity index (χ4v) is 2.57. The van der Waals surface area contributed by atoms with Gasteiger partial charge in [0.1, 0.15) is 0 Å². The van der Waals surface area contributed by atoms with E-state index in [0.717, 1.165) is 18.0 Å². The molecule has 0 amide bonds. The van der Waals surface area contributed by atoms with Crippen LogP contribution in [0.4, 0.5) is 0 Å². The summed E-state index contributed by atoms with van der Waals surface area (Å²) in [4.78, 5) is 2.54. The SMILES string of the molecule is CCC1CCCN(Cc2ccc(C#N)cc2)C1. The first-order valence-electron chi connectivity index (χ1n) is 6.53. The Morgan fingerprint density at radius 1 is 1.35 bits per heavy atom. The highest BCUT2D eigenvalue weighted by Gasteiger charge is 2.18. The van der Waals surface area contributed by atoms with Crippen LogP contribution in [0.3, 0.4) is 0 Å². The second-order valence-electron chi connectivity index (χ2n) is 4.96. The summed E-state index contributed by atoms with van der Waals surface area (Å²) in [7, 11) is 0. The van der Waals surface area contributed by atoms with Crippen molar-refractivity contribution in [3.63, 3.8) is 0 Å². The van der Waals surface area contributed by atoms with Gasteiger partial charge < -0.3 is 0 Å². The van der Waals surface area contributed by atoms with Crippen LogP contribution in [0.25, 0.3) is 0 Å². The molecule has 90 valence electrons. The van der Waals surface area contributed by atoms with Crippen molar-refractivity contribution in [1.82, 2.24) is 4.90 Å². The summed E-state index contributed by atoms with van der Waals surface area (Å²) in [5.74, 6) is 0.877. The summed E-state index contributed by atoms with van der Waals surface area (Å²) >= 11 is 0. The highest BCUT2D eigenvalue weighted by Crippen LogP contribution is 2.20. The van der Waals surface area contributed by atoms with E-state index >= 15 is 0 Å². The Hall–Kier alpha value is -1.33. The summed E-state index contributed by atoms with van der Waals surface area (Å²) in [6.45, 7) is 5.77. The zero-order valence-corrected chi connectivity index (χ0v) is 10.5. The minimum Gasteiger partial charge on any atom is -0.299 e. The molecule has 0 bridgehead atoms. The molecule has 1 aliphatic heterocycles. The average molecular weight is 228 g/mol. The van der Waals surface area contributed by atoms with E-state index in [-0.39, 0.29) is 0 Å². The maximum absolute atomic E-state index is 8.76. The maximum Gasteiger partial charge on any atom is 0.0991 e. The van der Waals surface area contributed by atoms with Gasteiger partial charge in [0.25, 0.3) is 0 Å². The smallest absolute Gasteiger partial charge is 0.0991 e. The summed E-state index contributed by atoms with van der Waals surface area (Å²) < 4.78 is 0. The fraction of sp³-hybridized carbons (Fsp3) is 0.533. The molecule has 1 aliphatic rings. The molecule has 0 aromatic heterocycles. The largest absolute Gasteiger partial charge is 0.299 e. The molecule has 0 aliphatic carbocycles. The molecule has 0 N–H and O–H groups in total. The molecular formula is C15H20N2. The monoisotopic (exact) mass is 228 g/mol. The van der Waals surface area contributed by atoms with Crippen LogP contribution in [-0.4, -0.2) is 18.0 Å². The minimum absolute atomic E-state index is 0.749. The third-order valence-electron chi connectivity index (χ3n) is 3.67. The van der Waals surface area contributed by atoms with E-state index in [1.807, 2.05) is 12.1 Å². The van der Waals surface area contributed by atoms with Crippen molar-refractivity contribution in [2.45, 2.75) is 32.7 Å². The van der Waals surface area contributed by atoms with Crippen molar-refractivity contribution in [3.05, 3.63) is 35.4 Å². The molecule has 1 aromatic rings. The average Bonchev–Trinajstić information content (AvgIpc) is 2.40. The van der Waals surface area contributed by atoms with Gasteiger partial charge in [-0.25, -0.2) is 0 Å². The van der Waals surface area contributed by atoms with E-state index in [9.17, 15) is 0 Å². The van der Waals surface area contributed by atoms with Gasteiger partial charge in [0, 0.05) is 13.1 Å². The van der Waals surface area contributed by atoms with E-state index in [4.69, 9.17) is 5.26 Å². The van der Waals surface area contributed by atoms with Crippen LogP contribution in [-0.2, 0) is 6.54 Å². The molecule has 1 fully saturated rings. The van der Waals surface area contributed by atoms with Crippen molar-refractivity contribution >= 4 is 0 Å². The van der Waals surface area contributed by atoms with Gasteiger partial charge in [-0.15, -0.1) is 0 Å². The van der Waals surface area contributed by atoms with Gasteiger partial charge in [-0.3, -0.25) is 4.90 Å². The quantitative estimate of drug-likeness (QED) is 0.794. The van der Waals surface area contributed by atoms with E-state index in [1.54, 1.807) is 0 Å². The van der Waals surface area contributed by atoms with Crippen molar-refractivity contribution in [2.24, 2.45) is 5.92 Å². The molecule has 2 rings (SSSR count). The van der Waals surface area contributed by atoms with Crippen LogP contribution in [0.5, 0.6) is 0 Å². The predicted octanol–water partition coefficient (Wildman–Crippen LogP) is 3.18. The second kappa shape index (κ2) is 5.84. The molecule has 1 saturated heterocycles. The number of nitriles is 1.